The lowest BCUT2D eigenvalue weighted by Crippen LogP contribution is -2.34. The minimum absolute atomic E-state index is 0.00231. The van der Waals surface area contributed by atoms with Gasteiger partial charge in [-0.05, 0) is 90.8 Å². The number of hydrogen-bond acceptors (Lipinski definition) is 4. The molecule has 3 aromatic carbocycles. The van der Waals surface area contributed by atoms with Crippen LogP contribution in [-0.2, 0) is 21.2 Å². The number of hydrogen-bond donors (Lipinski definition) is 2. The lowest BCUT2D eigenvalue weighted by atomic mass is 10.1. The van der Waals surface area contributed by atoms with E-state index < -0.39 is 21.9 Å². The van der Waals surface area contributed by atoms with Crippen LogP contribution in [0.2, 0.25) is 0 Å². The average Bonchev–Trinajstić information content (AvgIpc) is 3.68. The van der Waals surface area contributed by atoms with E-state index in [9.17, 15) is 17.6 Å². The maximum atomic E-state index is 14.0. The summed E-state index contributed by atoms with van der Waals surface area (Å²) in [5.74, 6) is -0.139. The summed E-state index contributed by atoms with van der Waals surface area (Å²) in [7, 11) is -3.88. The van der Waals surface area contributed by atoms with Gasteiger partial charge in [0.2, 0.25) is 15.9 Å². The van der Waals surface area contributed by atoms with Gasteiger partial charge in [-0.2, -0.15) is 0 Å². The molecule has 212 valence electrons. The van der Waals surface area contributed by atoms with Gasteiger partial charge in [0.25, 0.3) is 0 Å². The Kier molecular flexibility index (Phi) is 8.19. The molecule has 0 radical (unpaired) electrons. The van der Waals surface area contributed by atoms with Crippen LogP contribution in [0.25, 0.3) is 0 Å². The van der Waals surface area contributed by atoms with Gasteiger partial charge >= 0.3 is 0 Å². The van der Waals surface area contributed by atoms with Crippen molar-refractivity contribution >= 4 is 27.5 Å². The molecule has 7 nitrogen and oxygen atoms in total. The van der Waals surface area contributed by atoms with E-state index in [-0.39, 0.29) is 29.2 Å². The number of amidine groups is 1. The summed E-state index contributed by atoms with van der Waals surface area (Å²) in [4.78, 5) is 19.9. The second kappa shape index (κ2) is 11.8. The topological polar surface area (TPSA) is 105 Å². The van der Waals surface area contributed by atoms with E-state index in [0.29, 0.717) is 29.9 Å². The Bertz CT molecular complexity index is 1610. The molecule has 1 fully saturated rings. The van der Waals surface area contributed by atoms with Gasteiger partial charge in [0.15, 0.2) is 0 Å². The molecule has 1 amide bonds. The number of amides is 1. The van der Waals surface area contributed by atoms with Crippen LogP contribution in [0, 0.1) is 11.7 Å². The van der Waals surface area contributed by atoms with Gasteiger partial charge in [-0.1, -0.05) is 49.1 Å². The van der Waals surface area contributed by atoms with E-state index in [2.05, 4.69) is 16.3 Å². The van der Waals surface area contributed by atoms with Gasteiger partial charge in [0.05, 0.1) is 17.3 Å². The molecule has 1 saturated carbocycles. The largest absolute Gasteiger partial charge is 0.387 e. The molecule has 0 spiro atoms. The summed E-state index contributed by atoms with van der Waals surface area (Å²) < 4.78 is 42.3. The van der Waals surface area contributed by atoms with Gasteiger partial charge in [-0.15, -0.1) is 0 Å². The summed E-state index contributed by atoms with van der Waals surface area (Å²) in [6, 6.07) is 20.0. The minimum Gasteiger partial charge on any atom is -0.387 e. The van der Waals surface area contributed by atoms with Crippen molar-refractivity contribution in [3.63, 3.8) is 0 Å². The van der Waals surface area contributed by atoms with Crippen molar-refractivity contribution in [1.29, 1.82) is 0 Å². The van der Waals surface area contributed by atoms with Crippen LogP contribution in [-0.4, -0.2) is 26.7 Å². The second-order valence-corrected chi connectivity index (χ2v) is 12.2. The number of anilines is 1. The molecular formula is C32H33FN4O3S. The Hall–Kier alpha value is -4.08. The van der Waals surface area contributed by atoms with Crippen molar-refractivity contribution in [2.24, 2.45) is 16.6 Å². The molecule has 3 atom stereocenters. The predicted octanol–water partition coefficient (Wildman–Crippen LogP) is 5.38. The molecule has 0 aromatic heterocycles. The summed E-state index contributed by atoms with van der Waals surface area (Å²) in [6.07, 6.45) is 5.30. The third kappa shape index (κ3) is 6.47. The van der Waals surface area contributed by atoms with Crippen LogP contribution in [0.5, 0.6) is 0 Å². The third-order valence-electron chi connectivity index (χ3n) is 7.58. The minimum atomic E-state index is -3.88. The lowest BCUT2D eigenvalue weighted by Gasteiger charge is -2.25. The van der Waals surface area contributed by atoms with Crippen LogP contribution in [0.4, 0.5) is 10.1 Å². The Morgan fingerprint density at radius 1 is 1.15 bits per heavy atom. The number of sulfonamides is 1. The second-order valence-electron chi connectivity index (χ2n) is 10.5. The first kappa shape index (κ1) is 28.4. The van der Waals surface area contributed by atoms with Crippen LogP contribution in [0.1, 0.15) is 48.4 Å². The molecule has 3 N–H and O–H groups in total. The fraction of sp³-hybridized carbons (Fsp3) is 0.250. The smallest absolute Gasteiger partial charge is 0.241 e. The number of nitrogens with zero attached hydrogens (tertiary/aromatic N) is 2. The SMILES string of the molecule is C=C/C(=C\N=C(C)N)CN(C(=O)C1CC1c1ccccc1)c1ccc2c(c1)C(NS(=O)(=O)c1ccc(F)cc1)CC2. The predicted molar refractivity (Wildman–Crippen MR) is 159 cm³/mol. The van der Waals surface area contributed by atoms with E-state index in [1.165, 1.54) is 12.1 Å². The van der Waals surface area contributed by atoms with Crippen molar-refractivity contribution in [3.05, 3.63) is 120 Å². The monoisotopic (exact) mass is 572 g/mol. The number of halogens is 1. The number of carbonyl (C=O) groups is 1. The molecule has 2 aliphatic rings. The van der Waals surface area contributed by atoms with Gasteiger partial charge in [0.1, 0.15) is 5.82 Å². The van der Waals surface area contributed by atoms with Gasteiger partial charge in [-0.25, -0.2) is 22.5 Å². The maximum Gasteiger partial charge on any atom is 0.241 e. The zero-order valence-corrected chi connectivity index (χ0v) is 23.6. The zero-order chi connectivity index (χ0) is 29.1. The molecule has 0 aliphatic heterocycles. The summed E-state index contributed by atoms with van der Waals surface area (Å²) in [5, 5.41) is 0. The summed E-state index contributed by atoms with van der Waals surface area (Å²) >= 11 is 0. The van der Waals surface area contributed by atoms with Crippen molar-refractivity contribution in [2.45, 2.75) is 43.0 Å². The maximum absolute atomic E-state index is 14.0. The molecule has 0 saturated heterocycles. The van der Waals surface area contributed by atoms with Crippen molar-refractivity contribution < 1.29 is 17.6 Å². The fourth-order valence-electron chi connectivity index (χ4n) is 5.31. The number of fused-ring (bicyclic) bond motifs is 1. The summed E-state index contributed by atoms with van der Waals surface area (Å²) in [6.45, 7) is 5.82. The van der Waals surface area contributed by atoms with E-state index in [0.717, 1.165) is 35.2 Å². The zero-order valence-electron chi connectivity index (χ0n) is 22.8. The van der Waals surface area contributed by atoms with Crippen LogP contribution in [0.15, 0.2) is 107 Å². The molecule has 0 bridgehead atoms. The first-order chi connectivity index (χ1) is 19.7. The number of aryl methyl sites for hydroxylation is 1. The van der Waals surface area contributed by atoms with Crippen molar-refractivity contribution in [1.82, 2.24) is 4.72 Å². The molecule has 2 aliphatic carbocycles. The molecule has 41 heavy (non-hydrogen) atoms. The van der Waals surface area contributed by atoms with Gasteiger partial charge < -0.3 is 10.6 Å². The van der Waals surface area contributed by atoms with E-state index in [1.807, 2.05) is 48.5 Å². The Balaban J connectivity index is 1.45. The quantitative estimate of drug-likeness (QED) is 0.193. The van der Waals surface area contributed by atoms with Crippen molar-refractivity contribution in [3.8, 4) is 0 Å². The normalized spacial score (nSPS) is 20.4. The first-order valence-electron chi connectivity index (χ1n) is 13.5. The Morgan fingerprint density at radius 3 is 2.56 bits per heavy atom. The standard InChI is InChI=1S/C32H33FN4O3S/c1-3-22(19-35-21(2)34)20-37(32(38)30-18-28(30)23-7-5-4-6-8-23)26-13-9-24-10-16-31(29(24)17-26)36-41(39,40)27-14-11-25(33)12-15-27/h3-9,11-15,17,19,28,30-31,36H,1,10,16,18,20H2,2H3,(H2,34,35)/b22-19+. The van der Waals surface area contributed by atoms with Crippen LogP contribution in [0.3, 0.4) is 0 Å². The number of carbonyl (C=O) groups excluding carboxylic acids is 1. The average molecular weight is 573 g/mol. The number of nitrogens with two attached hydrogens (primary N) is 1. The van der Waals surface area contributed by atoms with Crippen LogP contribution >= 0.6 is 0 Å². The Morgan fingerprint density at radius 2 is 1.88 bits per heavy atom. The van der Waals surface area contributed by atoms with E-state index in [4.69, 9.17) is 5.73 Å². The highest BCUT2D eigenvalue weighted by molar-refractivity contribution is 7.89. The number of nitrogens with one attached hydrogen (secondary N) is 1. The summed E-state index contributed by atoms with van der Waals surface area (Å²) in [5.41, 5.74) is 10.1. The van der Waals surface area contributed by atoms with Gasteiger partial charge in [-0.3, -0.25) is 4.79 Å². The Labute approximate surface area is 240 Å². The third-order valence-corrected chi connectivity index (χ3v) is 9.07. The van der Waals surface area contributed by atoms with Crippen molar-refractivity contribution in [2.75, 3.05) is 11.4 Å². The highest BCUT2D eigenvalue weighted by Gasteiger charge is 2.46. The fourth-order valence-corrected chi connectivity index (χ4v) is 6.56. The number of benzene rings is 3. The molecule has 3 unspecified atom stereocenters. The molecule has 0 heterocycles. The van der Waals surface area contributed by atoms with E-state index >= 15 is 0 Å². The highest BCUT2D eigenvalue weighted by atomic mass is 32.2. The van der Waals surface area contributed by atoms with Crippen LogP contribution < -0.4 is 15.4 Å². The molecular weight excluding hydrogens is 539 g/mol. The number of rotatable bonds is 10. The first-order valence-corrected chi connectivity index (χ1v) is 15.0. The highest BCUT2D eigenvalue weighted by Crippen LogP contribution is 2.49. The molecule has 3 aromatic rings. The molecule has 5 rings (SSSR count). The molecule has 9 heteroatoms. The van der Waals surface area contributed by atoms with E-state index in [1.54, 1.807) is 24.1 Å². The number of aliphatic imine (C=N–C) groups is 1. The van der Waals surface area contributed by atoms with Gasteiger partial charge in [0, 0.05) is 23.8 Å². The lowest BCUT2D eigenvalue weighted by molar-refractivity contribution is -0.119.